The Bertz CT molecular complexity index is 1720. The fourth-order valence-corrected chi connectivity index (χ4v) is 7.50. The zero-order chi connectivity index (χ0) is 42.2. The van der Waals surface area contributed by atoms with Crippen LogP contribution in [0.3, 0.4) is 0 Å². The summed E-state index contributed by atoms with van der Waals surface area (Å²) >= 11 is 1.09. The van der Waals surface area contributed by atoms with Gasteiger partial charge in [-0.15, -0.1) is 23.7 Å². The predicted molar refractivity (Wildman–Crippen MR) is 217 cm³/mol. The first-order valence-corrected chi connectivity index (χ1v) is 20.4. The van der Waals surface area contributed by atoms with Gasteiger partial charge in [0.1, 0.15) is 22.5 Å². The van der Waals surface area contributed by atoms with E-state index in [9.17, 15) is 34.2 Å². The van der Waals surface area contributed by atoms with Crippen LogP contribution in [0.25, 0.3) is 0 Å². The third-order valence-electron chi connectivity index (χ3n) is 10.2. The average Bonchev–Trinajstić information content (AvgIpc) is 3.67. The number of hydroxylamine groups is 2. The highest BCUT2D eigenvalue weighted by Crippen LogP contribution is 2.32. The van der Waals surface area contributed by atoms with Crippen LogP contribution in [0.15, 0.2) is 41.8 Å². The zero-order valence-corrected chi connectivity index (χ0v) is 34.8. The lowest BCUT2D eigenvalue weighted by Gasteiger charge is -2.38. The van der Waals surface area contributed by atoms with Crippen LogP contribution in [0, 0.1) is 24.2 Å². The van der Waals surface area contributed by atoms with Crippen LogP contribution in [0.4, 0.5) is 0 Å². The molecule has 0 radical (unpaired) electrons. The normalized spacial score (nSPS) is 17.5. The fraction of sp³-hybridized carbons (Fsp3) is 0.571. The molecule has 2 heterocycles. The highest BCUT2D eigenvalue weighted by Gasteiger charge is 2.39. The molecule has 7 atom stereocenters. The number of likely N-dealkylation sites (tertiary alicyclic amines) is 1. The van der Waals surface area contributed by atoms with Crippen LogP contribution >= 0.6 is 11.3 Å². The molecule has 0 unspecified atom stereocenters. The molecule has 0 aliphatic carbocycles. The first-order chi connectivity index (χ1) is 27.1. The van der Waals surface area contributed by atoms with Gasteiger partial charge in [0, 0.05) is 31.2 Å². The second-order valence-electron chi connectivity index (χ2n) is 15.0. The summed E-state index contributed by atoms with van der Waals surface area (Å²) in [6.07, 6.45) is 8.90. The smallest absolute Gasteiger partial charge is 0.306 e. The zero-order valence-electron chi connectivity index (χ0n) is 34.0. The topological polar surface area (TPSA) is 188 Å². The van der Waals surface area contributed by atoms with Crippen LogP contribution in [-0.2, 0) is 35.2 Å². The molecule has 1 aliphatic heterocycles. The lowest BCUT2D eigenvalue weighted by molar-refractivity contribution is -0.203. The summed E-state index contributed by atoms with van der Waals surface area (Å²) in [6, 6.07) is 3.68. The third-order valence-corrected chi connectivity index (χ3v) is 11.1. The molecule has 14 nitrogen and oxygen atoms in total. The SMILES string of the molecule is C#CCCCON(C(=O)[C@@H](NC(=O)[C@H]1CCCCN1C)[C@@H](C)CC)[C@H](C[C@@H](OC(C)=O)c1nc(C(=O)N[C@@H](Cc2ccc(O)cc2)C[C@H](C)C(=O)O)cs1)C(=C)C. The number of hydrogen-bond donors (Lipinski definition) is 4. The number of likely N-dealkylation sites (N-methyl/N-ethyl adjacent to an activating group) is 1. The quantitative estimate of drug-likeness (QED) is 0.0391. The second-order valence-corrected chi connectivity index (χ2v) is 15.8. The van der Waals surface area contributed by atoms with Crippen LogP contribution in [0.1, 0.15) is 113 Å². The summed E-state index contributed by atoms with van der Waals surface area (Å²) < 4.78 is 5.77. The van der Waals surface area contributed by atoms with Gasteiger partial charge in [-0.25, -0.2) is 10.0 Å². The van der Waals surface area contributed by atoms with Gasteiger partial charge in [-0.05, 0) is 76.2 Å². The monoisotopic (exact) mass is 809 g/mol. The van der Waals surface area contributed by atoms with Gasteiger partial charge in [0.25, 0.3) is 11.8 Å². The summed E-state index contributed by atoms with van der Waals surface area (Å²) in [5.74, 6) is -1.27. The maximum atomic E-state index is 14.6. The van der Waals surface area contributed by atoms with Gasteiger partial charge in [-0.3, -0.25) is 33.7 Å². The molecule has 15 heteroatoms. The van der Waals surface area contributed by atoms with Crippen molar-refractivity contribution in [2.45, 2.75) is 123 Å². The number of unbranched alkanes of at least 4 members (excludes halogenated alkanes) is 1. The van der Waals surface area contributed by atoms with E-state index in [1.807, 2.05) is 25.8 Å². The van der Waals surface area contributed by atoms with Crippen LogP contribution in [0.2, 0.25) is 0 Å². The van der Waals surface area contributed by atoms with Crippen molar-refractivity contribution in [3.05, 3.63) is 58.1 Å². The number of thiazole rings is 1. The second kappa shape index (κ2) is 22.8. The van der Waals surface area contributed by atoms with E-state index in [4.69, 9.17) is 16.0 Å². The lowest BCUT2D eigenvalue weighted by Crippen LogP contribution is -2.58. The number of carboxylic acids is 1. The summed E-state index contributed by atoms with van der Waals surface area (Å²) in [5.41, 5.74) is 1.33. The van der Waals surface area contributed by atoms with Gasteiger partial charge >= 0.3 is 11.9 Å². The number of terminal acetylenes is 1. The van der Waals surface area contributed by atoms with Crippen molar-refractivity contribution in [2.24, 2.45) is 11.8 Å². The van der Waals surface area contributed by atoms with E-state index in [2.05, 4.69) is 28.1 Å². The van der Waals surface area contributed by atoms with Gasteiger partial charge in [-0.1, -0.05) is 57.9 Å². The minimum absolute atomic E-state index is 0.0309. The van der Waals surface area contributed by atoms with Crippen molar-refractivity contribution in [3.8, 4) is 18.1 Å². The molecule has 312 valence electrons. The molecule has 3 amide bonds. The van der Waals surface area contributed by atoms with Crippen molar-refractivity contribution in [1.29, 1.82) is 0 Å². The van der Waals surface area contributed by atoms with E-state index in [0.29, 0.717) is 37.7 Å². The van der Waals surface area contributed by atoms with E-state index in [0.717, 1.165) is 36.3 Å². The predicted octanol–water partition coefficient (Wildman–Crippen LogP) is 5.43. The molecular formula is C42H59N5O9S. The number of piperidine rings is 1. The van der Waals surface area contributed by atoms with Crippen LogP contribution in [0.5, 0.6) is 5.75 Å². The Morgan fingerprint density at radius 3 is 2.42 bits per heavy atom. The molecule has 0 spiro atoms. The molecule has 4 N–H and O–H groups in total. The Balaban J connectivity index is 1.93. The number of amides is 3. The van der Waals surface area contributed by atoms with Gasteiger partial charge in [0.05, 0.1) is 24.6 Å². The maximum absolute atomic E-state index is 14.6. The molecule has 1 saturated heterocycles. The summed E-state index contributed by atoms with van der Waals surface area (Å²) in [4.78, 5) is 78.8. The largest absolute Gasteiger partial charge is 0.508 e. The van der Waals surface area contributed by atoms with Crippen molar-refractivity contribution in [2.75, 3.05) is 20.2 Å². The third kappa shape index (κ3) is 14.3. The van der Waals surface area contributed by atoms with E-state index < -0.39 is 53.9 Å². The number of benzene rings is 1. The van der Waals surface area contributed by atoms with Gasteiger partial charge < -0.3 is 25.6 Å². The van der Waals surface area contributed by atoms with Crippen molar-refractivity contribution >= 4 is 41.0 Å². The number of phenolic OH excluding ortho intramolecular Hbond substituents is 1. The van der Waals surface area contributed by atoms with Crippen LogP contribution < -0.4 is 10.6 Å². The van der Waals surface area contributed by atoms with Crippen molar-refractivity contribution in [3.63, 3.8) is 0 Å². The molecule has 2 aromatic rings. The fourth-order valence-electron chi connectivity index (χ4n) is 6.66. The molecular weight excluding hydrogens is 751 g/mol. The highest BCUT2D eigenvalue weighted by atomic mass is 32.1. The van der Waals surface area contributed by atoms with E-state index in [-0.39, 0.29) is 53.8 Å². The number of rotatable bonds is 22. The first-order valence-electron chi connectivity index (χ1n) is 19.6. The number of aromatic hydroxyl groups is 1. The van der Waals surface area contributed by atoms with E-state index >= 15 is 0 Å². The summed E-state index contributed by atoms with van der Waals surface area (Å²) in [6.45, 7) is 13.4. The van der Waals surface area contributed by atoms with E-state index in [1.165, 1.54) is 29.5 Å². The number of nitrogens with one attached hydrogen (secondary N) is 2. The molecule has 1 aliphatic rings. The number of nitrogens with zero attached hydrogens (tertiary/aromatic N) is 3. The minimum atomic E-state index is -1.03. The lowest BCUT2D eigenvalue weighted by atomic mass is 9.95. The Kier molecular flexibility index (Phi) is 18.7. The number of esters is 1. The number of aliphatic carboxylic acids is 1. The molecule has 3 rings (SSSR count). The van der Waals surface area contributed by atoms with Crippen LogP contribution in [-0.4, -0.2) is 99.2 Å². The van der Waals surface area contributed by atoms with Gasteiger partial charge in [-0.2, -0.15) is 0 Å². The average molecular weight is 810 g/mol. The Hall–Kier alpha value is -4.78. The Morgan fingerprint density at radius 1 is 1.12 bits per heavy atom. The molecule has 57 heavy (non-hydrogen) atoms. The number of phenols is 1. The highest BCUT2D eigenvalue weighted by molar-refractivity contribution is 7.09. The summed E-state index contributed by atoms with van der Waals surface area (Å²) in [5, 5.41) is 28.2. The first kappa shape index (κ1) is 46.6. The number of aromatic nitrogens is 1. The molecule has 1 aromatic carbocycles. The number of carboxylic acid groups (broad SMARTS) is 1. The molecule has 1 aromatic heterocycles. The van der Waals surface area contributed by atoms with E-state index in [1.54, 1.807) is 26.0 Å². The maximum Gasteiger partial charge on any atom is 0.306 e. The number of ether oxygens (including phenoxy) is 1. The standard InChI is InChI=1S/C42H59N5O9S/c1-9-11-14-21-55-47(41(52)37(27(5)10-2)45-39(51)34-15-12-13-20-46(34)8)35(26(3)4)24-36(56-29(7)48)40-44-33(25-57-40)38(50)43-31(22-28(6)42(53)54)23-30-16-18-32(49)19-17-30/h1,16-19,25,27-28,31,34-37,49H,3,10-15,20-24H2,2,4-8H3,(H,43,50)(H,45,51)(H,53,54)/t27-,28-,31+,34+,35+,36+,37-/m0/s1. The molecule has 1 fully saturated rings. The van der Waals surface area contributed by atoms with Crippen molar-refractivity contribution in [1.82, 2.24) is 25.6 Å². The Morgan fingerprint density at radius 2 is 1.82 bits per heavy atom. The van der Waals surface area contributed by atoms with Crippen molar-refractivity contribution < 1.29 is 43.8 Å². The minimum Gasteiger partial charge on any atom is -0.508 e. The van der Waals surface area contributed by atoms with Gasteiger partial charge in [0.2, 0.25) is 5.91 Å². The Labute approximate surface area is 340 Å². The number of hydrogen-bond acceptors (Lipinski definition) is 11. The van der Waals surface area contributed by atoms with Gasteiger partial charge in [0.15, 0.2) is 6.10 Å². The number of carbonyl (C=O) groups is 5. The summed E-state index contributed by atoms with van der Waals surface area (Å²) in [7, 11) is 1.90. The number of carbonyl (C=O) groups excluding carboxylic acids is 4. The molecule has 0 bridgehead atoms. The molecule has 0 saturated carbocycles.